The van der Waals surface area contributed by atoms with Gasteiger partial charge in [0.05, 0.1) is 0 Å². The first-order valence-electron chi connectivity index (χ1n) is 8.07. The van der Waals surface area contributed by atoms with Gasteiger partial charge in [0, 0.05) is 19.8 Å². The van der Waals surface area contributed by atoms with E-state index in [9.17, 15) is 0 Å². The zero-order chi connectivity index (χ0) is 13.5. The molecule has 0 aliphatic carbocycles. The van der Waals surface area contributed by atoms with E-state index < -0.39 is 0 Å². The normalized spacial score (nSPS) is 12.8. The second kappa shape index (κ2) is 15.0. The summed E-state index contributed by atoms with van der Waals surface area (Å²) in [5.74, 6) is 0. The second-order valence-electron chi connectivity index (χ2n) is 5.30. The third-order valence-corrected chi connectivity index (χ3v) is 3.57. The Kier molecular flexibility index (Phi) is 14.9. The Morgan fingerprint density at radius 3 is 2.00 bits per heavy atom. The zero-order valence-corrected chi connectivity index (χ0v) is 13.0. The van der Waals surface area contributed by atoms with Crippen LogP contribution in [0, 0.1) is 0 Å². The number of hydrogen-bond donors (Lipinski definition) is 1. The molecule has 0 amide bonds. The molecular weight excluding hydrogens is 222 g/mol. The quantitative estimate of drug-likeness (QED) is 0.462. The molecule has 0 aliphatic heterocycles. The van der Waals surface area contributed by atoms with E-state index in [0.717, 1.165) is 19.6 Å². The molecule has 0 saturated heterocycles. The maximum Gasteiger partial charge on any atom is 0.0477 e. The lowest BCUT2D eigenvalue weighted by Crippen LogP contribution is -2.29. The van der Waals surface area contributed by atoms with Gasteiger partial charge in [0.2, 0.25) is 0 Å². The summed E-state index contributed by atoms with van der Waals surface area (Å²) < 4.78 is 5.16. The van der Waals surface area contributed by atoms with Gasteiger partial charge in [-0.15, -0.1) is 0 Å². The molecule has 0 aromatic rings. The SMILES string of the molecule is CCCCCCCCCCC(CCOC)NCC. The molecule has 0 spiro atoms. The fourth-order valence-electron chi connectivity index (χ4n) is 2.42. The molecule has 2 heteroatoms. The molecule has 110 valence electrons. The van der Waals surface area contributed by atoms with Gasteiger partial charge in [0.15, 0.2) is 0 Å². The van der Waals surface area contributed by atoms with E-state index in [1.165, 1.54) is 57.8 Å². The highest BCUT2D eigenvalue weighted by atomic mass is 16.5. The van der Waals surface area contributed by atoms with Crippen molar-refractivity contribution in [2.75, 3.05) is 20.3 Å². The fourth-order valence-corrected chi connectivity index (χ4v) is 2.42. The third-order valence-electron chi connectivity index (χ3n) is 3.57. The standard InChI is InChI=1S/C16H35NO/c1-4-6-7-8-9-10-11-12-13-16(17-5-2)14-15-18-3/h16-17H,4-15H2,1-3H3. The van der Waals surface area contributed by atoms with E-state index in [-0.39, 0.29) is 0 Å². The molecule has 0 fully saturated rings. The summed E-state index contributed by atoms with van der Waals surface area (Å²) in [6, 6.07) is 0.662. The largest absolute Gasteiger partial charge is 0.385 e. The summed E-state index contributed by atoms with van der Waals surface area (Å²) in [6.07, 6.45) is 13.7. The Morgan fingerprint density at radius 1 is 0.833 bits per heavy atom. The number of ether oxygens (including phenoxy) is 1. The first-order chi connectivity index (χ1) is 8.85. The summed E-state index contributed by atoms with van der Waals surface area (Å²) >= 11 is 0. The highest BCUT2D eigenvalue weighted by Crippen LogP contribution is 2.11. The molecular formula is C16H35NO. The van der Waals surface area contributed by atoms with E-state index in [4.69, 9.17) is 4.74 Å². The van der Waals surface area contributed by atoms with Crippen LogP contribution in [0.2, 0.25) is 0 Å². The number of hydrogen-bond acceptors (Lipinski definition) is 2. The van der Waals surface area contributed by atoms with Gasteiger partial charge in [0.1, 0.15) is 0 Å². The van der Waals surface area contributed by atoms with Crippen LogP contribution in [0.15, 0.2) is 0 Å². The van der Waals surface area contributed by atoms with Crippen molar-refractivity contribution in [3.05, 3.63) is 0 Å². The van der Waals surface area contributed by atoms with Gasteiger partial charge < -0.3 is 10.1 Å². The topological polar surface area (TPSA) is 21.3 Å². The van der Waals surface area contributed by atoms with Gasteiger partial charge in [-0.1, -0.05) is 65.2 Å². The number of rotatable bonds is 14. The predicted molar refractivity (Wildman–Crippen MR) is 81.2 cm³/mol. The highest BCUT2D eigenvalue weighted by molar-refractivity contribution is 4.65. The fraction of sp³-hybridized carbons (Fsp3) is 1.00. The predicted octanol–water partition coefficient (Wildman–Crippen LogP) is 4.53. The smallest absolute Gasteiger partial charge is 0.0477 e. The summed E-state index contributed by atoms with van der Waals surface area (Å²) in [7, 11) is 1.79. The lowest BCUT2D eigenvalue weighted by atomic mass is 10.0. The van der Waals surface area contributed by atoms with Crippen LogP contribution in [-0.4, -0.2) is 26.3 Å². The van der Waals surface area contributed by atoms with Crippen LogP contribution < -0.4 is 5.32 Å². The van der Waals surface area contributed by atoms with Crippen LogP contribution in [-0.2, 0) is 4.74 Å². The lowest BCUT2D eigenvalue weighted by molar-refractivity contribution is 0.180. The Hall–Kier alpha value is -0.0800. The number of methoxy groups -OCH3 is 1. The Balaban J connectivity index is 3.31. The van der Waals surface area contributed by atoms with Gasteiger partial charge in [-0.05, 0) is 19.4 Å². The zero-order valence-electron chi connectivity index (χ0n) is 13.0. The molecule has 2 nitrogen and oxygen atoms in total. The van der Waals surface area contributed by atoms with Crippen molar-refractivity contribution in [2.45, 2.75) is 84.1 Å². The first kappa shape index (κ1) is 17.9. The van der Waals surface area contributed by atoms with Gasteiger partial charge in [-0.25, -0.2) is 0 Å². The molecule has 1 N–H and O–H groups in total. The molecule has 0 aromatic carbocycles. The summed E-state index contributed by atoms with van der Waals surface area (Å²) in [6.45, 7) is 6.43. The van der Waals surface area contributed by atoms with Crippen LogP contribution in [0.3, 0.4) is 0 Å². The monoisotopic (exact) mass is 257 g/mol. The maximum atomic E-state index is 5.16. The third kappa shape index (κ3) is 12.4. The van der Waals surface area contributed by atoms with Gasteiger partial charge in [-0.2, -0.15) is 0 Å². The van der Waals surface area contributed by atoms with Crippen LogP contribution >= 0.6 is 0 Å². The molecule has 0 bridgehead atoms. The molecule has 0 heterocycles. The van der Waals surface area contributed by atoms with Gasteiger partial charge in [0.25, 0.3) is 0 Å². The molecule has 0 saturated carbocycles. The molecule has 1 atom stereocenters. The van der Waals surface area contributed by atoms with Crippen LogP contribution in [0.1, 0.15) is 78.1 Å². The average Bonchev–Trinajstić information content (AvgIpc) is 2.39. The molecule has 0 radical (unpaired) electrons. The molecule has 0 rings (SSSR count). The van der Waals surface area contributed by atoms with Gasteiger partial charge in [-0.3, -0.25) is 0 Å². The van der Waals surface area contributed by atoms with Crippen molar-refractivity contribution in [2.24, 2.45) is 0 Å². The number of unbranched alkanes of at least 4 members (excludes halogenated alkanes) is 7. The van der Waals surface area contributed by atoms with Crippen molar-refractivity contribution in [3.63, 3.8) is 0 Å². The lowest BCUT2D eigenvalue weighted by Gasteiger charge is -2.17. The number of nitrogens with one attached hydrogen (secondary N) is 1. The average molecular weight is 257 g/mol. The highest BCUT2D eigenvalue weighted by Gasteiger charge is 2.06. The minimum atomic E-state index is 0.662. The van der Waals surface area contributed by atoms with Crippen molar-refractivity contribution in [3.8, 4) is 0 Å². The maximum absolute atomic E-state index is 5.16. The minimum Gasteiger partial charge on any atom is -0.385 e. The van der Waals surface area contributed by atoms with E-state index in [2.05, 4.69) is 19.2 Å². The Labute approximate surface area is 115 Å². The van der Waals surface area contributed by atoms with Crippen molar-refractivity contribution >= 4 is 0 Å². The van der Waals surface area contributed by atoms with E-state index >= 15 is 0 Å². The van der Waals surface area contributed by atoms with Crippen molar-refractivity contribution in [1.29, 1.82) is 0 Å². The van der Waals surface area contributed by atoms with Crippen LogP contribution in [0.4, 0.5) is 0 Å². The Morgan fingerprint density at radius 2 is 1.44 bits per heavy atom. The van der Waals surface area contributed by atoms with E-state index in [0.29, 0.717) is 6.04 Å². The first-order valence-corrected chi connectivity index (χ1v) is 8.07. The van der Waals surface area contributed by atoms with Crippen molar-refractivity contribution in [1.82, 2.24) is 5.32 Å². The van der Waals surface area contributed by atoms with E-state index in [1.54, 1.807) is 7.11 Å². The van der Waals surface area contributed by atoms with Crippen LogP contribution in [0.5, 0.6) is 0 Å². The van der Waals surface area contributed by atoms with Crippen molar-refractivity contribution < 1.29 is 4.74 Å². The molecule has 0 aromatic heterocycles. The molecule has 18 heavy (non-hydrogen) atoms. The summed E-state index contributed by atoms with van der Waals surface area (Å²) in [5.41, 5.74) is 0. The summed E-state index contributed by atoms with van der Waals surface area (Å²) in [5, 5.41) is 3.56. The molecule has 1 unspecified atom stereocenters. The van der Waals surface area contributed by atoms with Crippen LogP contribution in [0.25, 0.3) is 0 Å². The summed E-state index contributed by atoms with van der Waals surface area (Å²) in [4.78, 5) is 0. The molecule has 0 aliphatic rings. The van der Waals surface area contributed by atoms with Gasteiger partial charge >= 0.3 is 0 Å². The Bertz CT molecular complexity index is 150. The minimum absolute atomic E-state index is 0.662. The second-order valence-corrected chi connectivity index (χ2v) is 5.30. The van der Waals surface area contributed by atoms with E-state index in [1.807, 2.05) is 0 Å².